The van der Waals surface area contributed by atoms with Crippen molar-refractivity contribution in [3.05, 3.63) is 29.8 Å². The van der Waals surface area contributed by atoms with Gasteiger partial charge in [-0.15, -0.1) is 0 Å². The first-order chi connectivity index (χ1) is 6.77. The van der Waals surface area contributed by atoms with Crippen LogP contribution in [0.25, 0.3) is 0 Å². The lowest BCUT2D eigenvalue weighted by atomic mass is 10.1. The third kappa shape index (κ3) is 1.94. The number of ketones is 1. The number of hydrogen-bond donors (Lipinski definition) is 1. The molecule has 0 bridgehead atoms. The lowest BCUT2D eigenvalue weighted by Crippen LogP contribution is -1.94. The molecule has 0 heterocycles. The van der Waals surface area contributed by atoms with Crippen LogP contribution in [0.1, 0.15) is 23.2 Å². The Kier molecular flexibility index (Phi) is 2.24. The summed E-state index contributed by atoms with van der Waals surface area (Å²) in [5, 5.41) is 9.37. The molecule has 1 N–H and O–H groups in total. The van der Waals surface area contributed by atoms with Crippen molar-refractivity contribution in [3.8, 4) is 17.6 Å². The van der Waals surface area contributed by atoms with Crippen LogP contribution in [-0.2, 0) is 0 Å². The molecule has 0 radical (unpaired) electrons. The Labute approximate surface area is 82.6 Å². The summed E-state index contributed by atoms with van der Waals surface area (Å²) in [6, 6.07) is 6.47. The lowest BCUT2D eigenvalue weighted by molar-refractivity contribution is 0.105. The van der Waals surface area contributed by atoms with Gasteiger partial charge in [-0.1, -0.05) is 18.1 Å². The first-order valence-corrected chi connectivity index (χ1v) is 4.61. The van der Waals surface area contributed by atoms with Crippen LogP contribution in [0.2, 0.25) is 0 Å². The van der Waals surface area contributed by atoms with Gasteiger partial charge in [-0.3, -0.25) is 4.79 Å². The van der Waals surface area contributed by atoms with Crippen LogP contribution >= 0.6 is 0 Å². The number of Topliss-reactive ketones (excluding diaryl/α,β-unsaturated/α-hetero) is 1. The van der Waals surface area contributed by atoms with E-state index in [-0.39, 0.29) is 11.5 Å². The van der Waals surface area contributed by atoms with Crippen LogP contribution in [0.15, 0.2) is 24.3 Å². The van der Waals surface area contributed by atoms with E-state index < -0.39 is 0 Å². The SMILES string of the molecule is O=C(C#CC1CC1)c1ccccc1O. The van der Waals surface area contributed by atoms with Gasteiger partial charge >= 0.3 is 0 Å². The van der Waals surface area contributed by atoms with E-state index in [2.05, 4.69) is 11.8 Å². The van der Waals surface area contributed by atoms with Crippen LogP contribution in [0.4, 0.5) is 0 Å². The van der Waals surface area contributed by atoms with Crippen LogP contribution < -0.4 is 0 Å². The monoisotopic (exact) mass is 186 g/mol. The zero-order valence-corrected chi connectivity index (χ0v) is 7.66. The molecule has 0 atom stereocenters. The van der Waals surface area contributed by atoms with Crippen LogP contribution in [0.3, 0.4) is 0 Å². The molecule has 1 saturated carbocycles. The van der Waals surface area contributed by atoms with E-state index in [0.29, 0.717) is 11.5 Å². The van der Waals surface area contributed by atoms with Crippen molar-refractivity contribution >= 4 is 5.78 Å². The number of carbonyl (C=O) groups excluding carboxylic acids is 1. The van der Waals surface area contributed by atoms with Gasteiger partial charge in [0.15, 0.2) is 0 Å². The highest BCUT2D eigenvalue weighted by Gasteiger charge is 2.18. The molecule has 1 aliphatic rings. The summed E-state index contributed by atoms with van der Waals surface area (Å²) in [7, 11) is 0. The molecule has 14 heavy (non-hydrogen) atoms. The zero-order valence-electron chi connectivity index (χ0n) is 7.66. The van der Waals surface area contributed by atoms with Gasteiger partial charge in [0.2, 0.25) is 5.78 Å². The highest BCUT2D eigenvalue weighted by atomic mass is 16.3. The van der Waals surface area contributed by atoms with Crippen molar-refractivity contribution < 1.29 is 9.90 Å². The van der Waals surface area contributed by atoms with Crippen LogP contribution in [-0.4, -0.2) is 10.9 Å². The third-order valence-corrected chi connectivity index (χ3v) is 2.12. The third-order valence-electron chi connectivity index (χ3n) is 2.12. The Morgan fingerprint density at radius 1 is 1.36 bits per heavy atom. The molecular weight excluding hydrogens is 176 g/mol. The first kappa shape index (κ1) is 8.83. The van der Waals surface area contributed by atoms with E-state index in [1.165, 1.54) is 6.07 Å². The smallest absolute Gasteiger partial charge is 0.239 e. The Morgan fingerprint density at radius 2 is 2.07 bits per heavy atom. The van der Waals surface area contributed by atoms with Crippen LogP contribution in [0, 0.1) is 17.8 Å². The summed E-state index contributed by atoms with van der Waals surface area (Å²) >= 11 is 0. The number of phenols is 1. The number of hydrogen-bond acceptors (Lipinski definition) is 2. The molecule has 1 aromatic rings. The van der Waals surface area contributed by atoms with Crippen molar-refractivity contribution in [1.29, 1.82) is 0 Å². The Bertz CT molecular complexity index is 419. The molecule has 2 nitrogen and oxygen atoms in total. The summed E-state index contributed by atoms with van der Waals surface area (Å²) in [6.07, 6.45) is 2.20. The highest BCUT2D eigenvalue weighted by molar-refractivity contribution is 6.10. The maximum atomic E-state index is 11.5. The van der Waals surface area contributed by atoms with E-state index >= 15 is 0 Å². The molecule has 0 spiro atoms. The van der Waals surface area contributed by atoms with E-state index in [0.717, 1.165) is 12.8 Å². The number of carbonyl (C=O) groups is 1. The summed E-state index contributed by atoms with van der Waals surface area (Å²) in [4.78, 5) is 11.5. The number of phenolic OH excluding ortho intramolecular Hbond substituents is 1. The topological polar surface area (TPSA) is 37.3 Å². The van der Waals surface area contributed by atoms with Gasteiger partial charge < -0.3 is 5.11 Å². The standard InChI is InChI=1S/C12H10O2/c13-11-4-2-1-3-10(11)12(14)8-7-9-5-6-9/h1-4,9,13H,5-6H2. The molecule has 70 valence electrons. The van der Waals surface area contributed by atoms with Crippen molar-refractivity contribution in [3.63, 3.8) is 0 Å². The van der Waals surface area contributed by atoms with E-state index in [4.69, 9.17) is 0 Å². The van der Waals surface area contributed by atoms with E-state index in [1.54, 1.807) is 18.2 Å². The van der Waals surface area contributed by atoms with Crippen molar-refractivity contribution in [2.75, 3.05) is 0 Å². The molecule has 0 unspecified atom stereocenters. The molecule has 1 fully saturated rings. The summed E-state index contributed by atoms with van der Waals surface area (Å²) in [6.45, 7) is 0. The maximum Gasteiger partial charge on any atom is 0.239 e. The predicted molar refractivity (Wildman–Crippen MR) is 52.9 cm³/mol. The zero-order chi connectivity index (χ0) is 9.97. The normalized spacial score (nSPS) is 14.3. The van der Waals surface area contributed by atoms with Crippen molar-refractivity contribution in [2.45, 2.75) is 12.8 Å². The van der Waals surface area contributed by atoms with E-state index in [1.807, 2.05) is 0 Å². The van der Waals surface area contributed by atoms with Gasteiger partial charge in [-0.25, -0.2) is 0 Å². The number of benzene rings is 1. The van der Waals surface area contributed by atoms with Crippen molar-refractivity contribution in [1.82, 2.24) is 0 Å². The quantitative estimate of drug-likeness (QED) is 0.413. The summed E-state index contributed by atoms with van der Waals surface area (Å²) in [5.74, 6) is 5.54. The Balaban J connectivity index is 2.19. The van der Waals surface area contributed by atoms with Gasteiger partial charge in [0.1, 0.15) is 5.75 Å². The second kappa shape index (κ2) is 3.55. The van der Waals surface area contributed by atoms with Crippen LogP contribution in [0.5, 0.6) is 5.75 Å². The van der Waals surface area contributed by atoms with Gasteiger partial charge in [0.25, 0.3) is 0 Å². The van der Waals surface area contributed by atoms with Gasteiger partial charge in [-0.05, 0) is 30.9 Å². The summed E-state index contributed by atoms with van der Waals surface area (Å²) < 4.78 is 0. The molecule has 2 rings (SSSR count). The van der Waals surface area contributed by atoms with Gasteiger partial charge in [0.05, 0.1) is 5.56 Å². The lowest BCUT2D eigenvalue weighted by Gasteiger charge is -1.96. The van der Waals surface area contributed by atoms with Gasteiger partial charge in [0, 0.05) is 5.92 Å². The second-order valence-corrected chi connectivity index (χ2v) is 3.39. The minimum absolute atomic E-state index is 0.00240. The van der Waals surface area contributed by atoms with E-state index in [9.17, 15) is 9.90 Å². The fourth-order valence-corrected chi connectivity index (χ4v) is 1.13. The molecule has 0 aromatic heterocycles. The minimum atomic E-state index is -0.296. The Hall–Kier alpha value is -1.75. The molecule has 0 aliphatic heterocycles. The fraction of sp³-hybridized carbons (Fsp3) is 0.250. The first-order valence-electron chi connectivity index (χ1n) is 4.61. The fourth-order valence-electron chi connectivity index (χ4n) is 1.13. The second-order valence-electron chi connectivity index (χ2n) is 3.39. The van der Waals surface area contributed by atoms with Gasteiger partial charge in [-0.2, -0.15) is 0 Å². The summed E-state index contributed by atoms with van der Waals surface area (Å²) in [5.41, 5.74) is 0.292. The molecule has 1 aliphatic carbocycles. The molecule has 1 aromatic carbocycles. The number of aromatic hydroxyl groups is 1. The molecule has 0 amide bonds. The average Bonchev–Trinajstić information content (AvgIpc) is 2.98. The number of para-hydroxylation sites is 1. The Morgan fingerprint density at radius 3 is 2.71 bits per heavy atom. The number of rotatable bonds is 1. The largest absolute Gasteiger partial charge is 0.507 e. The van der Waals surface area contributed by atoms with Crippen molar-refractivity contribution in [2.24, 2.45) is 5.92 Å². The molecule has 2 heteroatoms. The minimum Gasteiger partial charge on any atom is -0.507 e. The molecular formula is C12H10O2. The maximum absolute atomic E-state index is 11.5. The molecule has 0 saturated heterocycles. The average molecular weight is 186 g/mol. The highest BCUT2D eigenvalue weighted by Crippen LogP contribution is 2.27. The predicted octanol–water partition coefficient (Wildman–Crippen LogP) is 1.99.